The van der Waals surface area contributed by atoms with Gasteiger partial charge in [-0.05, 0) is 31.9 Å². The summed E-state index contributed by atoms with van der Waals surface area (Å²) in [5, 5.41) is 3.01. The average Bonchev–Trinajstić information content (AvgIpc) is 2.33. The zero-order valence-corrected chi connectivity index (χ0v) is 16.7. The van der Waals surface area contributed by atoms with Gasteiger partial charge in [0.05, 0.1) is 12.7 Å². The Labute approximate surface area is 147 Å². The molecule has 0 heterocycles. The number of carbonyl (C=O) groups excluding carboxylic acids is 1. The second kappa shape index (κ2) is 8.23. The summed E-state index contributed by atoms with van der Waals surface area (Å²) in [6.07, 6.45) is 1.70. The Kier molecular flexibility index (Phi) is 8.11. The van der Waals surface area contributed by atoms with Gasteiger partial charge in [0.15, 0.2) is 5.69 Å². The predicted octanol–water partition coefficient (Wildman–Crippen LogP) is 4.09. The fraction of sp³-hybridized carbons (Fsp3) is 0.467. The first-order chi connectivity index (χ1) is 8.79. The molecule has 0 aromatic heterocycles. The van der Waals surface area contributed by atoms with Gasteiger partial charge in [-0.15, -0.1) is 0 Å². The minimum absolute atomic E-state index is 0. The standard InChI is InChI=1S/C15H21N2OP.Y/c1-7-19(5,6)10-14(18)17-15-11(2)8-13(16-4)9-12(15)3;/h8-9H,7,10H2,1-3,5-6H3;/p+1. The van der Waals surface area contributed by atoms with Crippen LogP contribution >= 0.6 is 7.26 Å². The van der Waals surface area contributed by atoms with Crippen molar-refractivity contribution < 1.29 is 37.5 Å². The Morgan fingerprint density at radius 1 is 1.30 bits per heavy atom. The zero-order valence-electron chi connectivity index (χ0n) is 12.9. The first kappa shape index (κ1) is 19.7. The van der Waals surface area contributed by atoms with Crippen LogP contribution < -0.4 is 5.32 Å². The average molecular weight is 366 g/mol. The van der Waals surface area contributed by atoms with Crippen LogP contribution in [0.3, 0.4) is 0 Å². The first-order valence-electron chi connectivity index (χ1n) is 6.39. The van der Waals surface area contributed by atoms with Gasteiger partial charge in [0, 0.05) is 59.0 Å². The molecule has 0 aliphatic heterocycles. The molecule has 3 nitrogen and oxygen atoms in total. The molecule has 0 saturated carbocycles. The van der Waals surface area contributed by atoms with Crippen molar-refractivity contribution in [3.8, 4) is 0 Å². The van der Waals surface area contributed by atoms with Gasteiger partial charge in [0.2, 0.25) is 0 Å². The summed E-state index contributed by atoms with van der Waals surface area (Å²) >= 11 is 0. The SMILES string of the molecule is [C-]#[N+]c1cc(C)c(NC(=O)C[P+](C)(C)CC)c(C)c1.[Y]. The fourth-order valence-electron chi connectivity index (χ4n) is 1.88. The molecule has 5 heteroatoms. The number of aryl methyl sites for hydroxylation is 2. The van der Waals surface area contributed by atoms with Crippen molar-refractivity contribution in [2.75, 3.05) is 31.0 Å². The third-order valence-electron chi connectivity index (χ3n) is 3.34. The summed E-state index contributed by atoms with van der Waals surface area (Å²) in [5.41, 5.74) is 3.38. The van der Waals surface area contributed by atoms with E-state index in [0.29, 0.717) is 11.8 Å². The van der Waals surface area contributed by atoms with Crippen molar-refractivity contribution in [1.29, 1.82) is 0 Å². The molecule has 0 spiro atoms. The number of amides is 1. The maximum absolute atomic E-state index is 12.1. The van der Waals surface area contributed by atoms with E-state index in [-0.39, 0.29) is 38.6 Å². The van der Waals surface area contributed by atoms with Crippen LogP contribution in [0.15, 0.2) is 12.1 Å². The normalized spacial score (nSPS) is 10.4. The van der Waals surface area contributed by atoms with Crippen LogP contribution in [0.4, 0.5) is 11.4 Å². The molecule has 1 radical (unpaired) electrons. The van der Waals surface area contributed by atoms with E-state index in [0.717, 1.165) is 23.0 Å². The Morgan fingerprint density at radius 3 is 2.20 bits per heavy atom. The van der Waals surface area contributed by atoms with Crippen molar-refractivity contribution in [3.63, 3.8) is 0 Å². The molecule has 0 aliphatic carbocycles. The molecule has 105 valence electrons. The quantitative estimate of drug-likeness (QED) is 0.632. The second-order valence-electron chi connectivity index (χ2n) is 5.52. The van der Waals surface area contributed by atoms with Crippen LogP contribution in [0.5, 0.6) is 0 Å². The van der Waals surface area contributed by atoms with Crippen LogP contribution in [0, 0.1) is 20.4 Å². The number of rotatable bonds is 4. The Bertz CT molecular complexity index is 512. The molecule has 0 unspecified atom stereocenters. The molecule has 1 aromatic rings. The van der Waals surface area contributed by atoms with E-state index >= 15 is 0 Å². The third-order valence-corrected chi connectivity index (χ3v) is 6.19. The molecule has 1 amide bonds. The van der Waals surface area contributed by atoms with Crippen LogP contribution in [-0.4, -0.2) is 31.6 Å². The van der Waals surface area contributed by atoms with Crippen LogP contribution in [-0.2, 0) is 37.5 Å². The van der Waals surface area contributed by atoms with Gasteiger partial charge in [-0.1, -0.05) is 12.1 Å². The van der Waals surface area contributed by atoms with Crippen LogP contribution in [0.1, 0.15) is 18.1 Å². The summed E-state index contributed by atoms with van der Waals surface area (Å²) in [5.74, 6) is 0.0851. The summed E-state index contributed by atoms with van der Waals surface area (Å²) in [7, 11) is -1.12. The summed E-state index contributed by atoms with van der Waals surface area (Å²) < 4.78 is 0. The molecule has 0 bridgehead atoms. The molecule has 0 atom stereocenters. The number of hydrogen-bond donors (Lipinski definition) is 1. The molecule has 0 aliphatic rings. The topological polar surface area (TPSA) is 33.5 Å². The number of nitrogens with zero attached hydrogens (tertiary/aromatic N) is 1. The number of hydrogen-bond acceptors (Lipinski definition) is 1. The van der Waals surface area contributed by atoms with Gasteiger partial charge in [-0.3, -0.25) is 4.79 Å². The van der Waals surface area contributed by atoms with E-state index in [1.54, 1.807) is 0 Å². The van der Waals surface area contributed by atoms with E-state index in [1.807, 2.05) is 26.0 Å². The van der Waals surface area contributed by atoms with Gasteiger partial charge in [-0.25, -0.2) is 4.85 Å². The Balaban J connectivity index is 0.00000361. The number of benzene rings is 1. The van der Waals surface area contributed by atoms with E-state index in [1.165, 1.54) is 0 Å². The zero-order chi connectivity index (χ0) is 14.6. The van der Waals surface area contributed by atoms with E-state index in [2.05, 4.69) is 30.4 Å². The fourth-order valence-corrected chi connectivity index (χ4v) is 2.96. The van der Waals surface area contributed by atoms with Crippen molar-refractivity contribution in [2.24, 2.45) is 0 Å². The largest absolute Gasteiger partial charge is 0.323 e. The Hall–Kier alpha value is -0.286. The molecule has 0 fully saturated rings. The van der Waals surface area contributed by atoms with E-state index in [9.17, 15) is 4.79 Å². The van der Waals surface area contributed by atoms with Crippen molar-refractivity contribution >= 4 is 24.5 Å². The minimum atomic E-state index is -1.12. The molecule has 1 aromatic carbocycles. The molecule has 1 N–H and O–H groups in total. The number of carbonyl (C=O) groups is 1. The summed E-state index contributed by atoms with van der Waals surface area (Å²) in [4.78, 5) is 15.5. The number of anilines is 1. The van der Waals surface area contributed by atoms with E-state index in [4.69, 9.17) is 6.57 Å². The van der Waals surface area contributed by atoms with Gasteiger partial charge in [-0.2, -0.15) is 0 Å². The van der Waals surface area contributed by atoms with Crippen LogP contribution in [0.2, 0.25) is 0 Å². The van der Waals surface area contributed by atoms with Gasteiger partial charge in [0.25, 0.3) is 5.91 Å². The third kappa shape index (κ3) is 5.60. The maximum Gasteiger partial charge on any atom is 0.261 e. The number of nitrogens with one attached hydrogen (secondary N) is 1. The molecular formula is C15H22N2OPY+. The van der Waals surface area contributed by atoms with Gasteiger partial charge in [0.1, 0.15) is 6.16 Å². The Morgan fingerprint density at radius 2 is 1.80 bits per heavy atom. The van der Waals surface area contributed by atoms with E-state index < -0.39 is 7.26 Å². The van der Waals surface area contributed by atoms with Gasteiger partial charge < -0.3 is 5.32 Å². The second-order valence-corrected chi connectivity index (χ2v) is 10.3. The first-order valence-corrected chi connectivity index (χ1v) is 9.45. The summed E-state index contributed by atoms with van der Waals surface area (Å²) in [6.45, 7) is 17.4. The predicted molar refractivity (Wildman–Crippen MR) is 85.0 cm³/mol. The molecule has 1 rings (SSSR count). The summed E-state index contributed by atoms with van der Waals surface area (Å²) in [6, 6.07) is 3.63. The molecule has 20 heavy (non-hydrogen) atoms. The molecule has 0 saturated heterocycles. The van der Waals surface area contributed by atoms with Crippen molar-refractivity contribution in [3.05, 3.63) is 34.7 Å². The molecular weight excluding hydrogens is 344 g/mol. The smallest absolute Gasteiger partial charge is 0.261 e. The van der Waals surface area contributed by atoms with Gasteiger partial charge >= 0.3 is 0 Å². The monoisotopic (exact) mass is 366 g/mol. The maximum atomic E-state index is 12.1. The van der Waals surface area contributed by atoms with Crippen molar-refractivity contribution in [2.45, 2.75) is 20.8 Å². The van der Waals surface area contributed by atoms with Crippen LogP contribution in [0.25, 0.3) is 4.85 Å². The minimum Gasteiger partial charge on any atom is -0.323 e. The van der Waals surface area contributed by atoms with Crippen molar-refractivity contribution in [1.82, 2.24) is 0 Å².